The second kappa shape index (κ2) is 5.84. The number of morpholine rings is 1. The van der Waals surface area contributed by atoms with Crippen LogP contribution in [0.3, 0.4) is 0 Å². The number of likely N-dealkylation sites (tertiary alicyclic amines) is 1. The third-order valence-corrected chi connectivity index (χ3v) is 3.86. The Kier molecular flexibility index (Phi) is 3.91. The van der Waals surface area contributed by atoms with Crippen LogP contribution in [0, 0.1) is 17.7 Å². The molecule has 2 bridgehead atoms. The summed E-state index contributed by atoms with van der Waals surface area (Å²) < 4.78 is 19.7. The fraction of sp³-hybridized carbons (Fsp3) is 0.438. The van der Waals surface area contributed by atoms with Crippen molar-refractivity contribution in [1.29, 1.82) is 0 Å². The van der Waals surface area contributed by atoms with Crippen LogP contribution in [-0.2, 0) is 4.74 Å². The Morgan fingerprint density at radius 1 is 1.38 bits per heavy atom. The summed E-state index contributed by atoms with van der Waals surface area (Å²) in [6, 6.07) is 4.33. The van der Waals surface area contributed by atoms with E-state index in [9.17, 15) is 9.18 Å². The molecule has 1 aromatic rings. The highest BCUT2D eigenvalue weighted by molar-refractivity contribution is 5.95. The zero-order valence-corrected chi connectivity index (χ0v) is 11.6. The number of hydrogen-bond acceptors (Lipinski definition) is 3. The summed E-state index contributed by atoms with van der Waals surface area (Å²) in [5.41, 5.74) is 5.99. The smallest absolute Gasteiger partial charge is 0.257 e. The van der Waals surface area contributed by atoms with Crippen LogP contribution in [0.4, 0.5) is 4.39 Å². The lowest BCUT2D eigenvalue weighted by Crippen LogP contribution is -2.46. The lowest BCUT2D eigenvalue weighted by Gasteiger charge is -2.32. The van der Waals surface area contributed by atoms with Crippen molar-refractivity contribution in [3.05, 3.63) is 35.1 Å². The van der Waals surface area contributed by atoms with Gasteiger partial charge in [-0.2, -0.15) is 0 Å². The molecular formula is C16H17FN2O2. The number of ether oxygens (including phenoxy) is 1. The molecule has 2 atom stereocenters. The van der Waals surface area contributed by atoms with Gasteiger partial charge in [-0.3, -0.25) is 4.79 Å². The van der Waals surface area contributed by atoms with E-state index in [0.29, 0.717) is 18.7 Å². The van der Waals surface area contributed by atoms with Gasteiger partial charge in [0.05, 0.1) is 24.3 Å². The predicted octanol–water partition coefficient (Wildman–Crippen LogP) is 1.14. The van der Waals surface area contributed by atoms with Crippen LogP contribution >= 0.6 is 0 Å². The number of halogens is 1. The summed E-state index contributed by atoms with van der Waals surface area (Å²) in [5.74, 6) is 4.72. The van der Waals surface area contributed by atoms with Gasteiger partial charge in [-0.1, -0.05) is 11.8 Å². The quantitative estimate of drug-likeness (QED) is 0.788. The monoisotopic (exact) mass is 288 g/mol. The average molecular weight is 288 g/mol. The second-order valence-corrected chi connectivity index (χ2v) is 5.37. The Balaban J connectivity index is 1.83. The minimum absolute atomic E-state index is 0.0696. The van der Waals surface area contributed by atoms with Crippen molar-refractivity contribution < 1.29 is 13.9 Å². The molecule has 2 heterocycles. The predicted molar refractivity (Wildman–Crippen MR) is 76.1 cm³/mol. The topological polar surface area (TPSA) is 55.6 Å². The molecule has 0 aliphatic carbocycles. The van der Waals surface area contributed by atoms with Crippen LogP contribution in [0.1, 0.15) is 28.8 Å². The van der Waals surface area contributed by atoms with Crippen LogP contribution in [-0.4, -0.2) is 42.6 Å². The standard InChI is InChI=1S/C16H17FN2O2/c17-15-6-3-11(2-1-7-18)8-14(15)16(20)19-9-12-4-5-13(10-19)21-12/h3,6,8,12-13H,4-5,7,9-10,18H2. The first-order chi connectivity index (χ1) is 10.2. The zero-order valence-electron chi connectivity index (χ0n) is 11.6. The lowest BCUT2D eigenvalue weighted by molar-refractivity contribution is -0.0304. The largest absolute Gasteiger partial charge is 0.371 e. The molecule has 1 aromatic carbocycles. The summed E-state index contributed by atoms with van der Waals surface area (Å²) in [4.78, 5) is 14.2. The fourth-order valence-electron chi connectivity index (χ4n) is 2.87. The molecular weight excluding hydrogens is 271 g/mol. The van der Waals surface area contributed by atoms with Crippen LogP contribution in [0.5, 0.6) is 0 Å². The van der Waals surface area contributed by atoms with E-state index in [1.165, 1.54) is 12.1 Å². The maximum absolute atomic E-state index is 14.0. The molecule has 5 heteroatoms. The first-order valence-electron chi connectivity index (χ1n) is 7.10. The molecule has 3 rings (SSSR count). The molecule has 4 nitrogen and oxygen atoms in total. The molecule has 0 aromatic heterocycles. The summed E-state index contributed by atoms with van der Waals surface area (Å²) in [7, 11) is 0. The van der Waals surface area contributed by atoms with E-state index in [0.717, 1.165) is 12.8 Å². The molecule has 2 aliphatic heterocycles. The molecule has 2 unspecified atom stereocenters. The Labute approximate surface area is 123 Å². The van der Waals surface area contributed by atoms with Crippen molar-refractivity contribution >= 4 is 5.91 Å². The SMILES string of the molecule is NCC#Cc1ccc(F)c(C(=O)N2CC3CCC(C2)O3)c1. The van der Waals surface area contributed by atoms with Gasteiger partial charge in [0.15, 0.2) is 0 Å². The van der Waals surface area contributed by atoms with E-state index < -0.39 is 5.82 Å². The first-order valence-corrected chi connectivity index (χ1v) is 7.10. The Bertz CT molecular complexity index is 608. The number of amides is 1. The fourth-order valence-corrected chi connectivity index (χ4v) is 2.87. The molecule has 0 radical (unpaired) electrons. The van der Waals surface area contributed by atoms with Gasteiger partial charge in [0.1, 0.15) is 5.82 Å². The van der Waals surface area contributed by atoms with Crippen LogP contribution < -0.4 is 5.73 Å². The number of nitrogens with zero attached hydrogens (tertiary/aromatic N) is 1. The Hall–Kier alpha value is -1.90. The maximum atomic E-state index is 14.0. The highest BCUT2D eigenvalue weighted by atomic mass is 19.1. The molecule has 2 aliphatic rings. The number of benzene rings is 1. The summed E-state index contributed by atoms with van der Waals surface area (Å²) in [6.07, 6.45) is 2.13. The van der Waals surface area contributed by atoms with Gasteiger partial charge in [0, 0.05) is 18.7 Å². The van der Waals surface area contributed by atoms with Crippen molar-refractivity contribution in [2.24, 2.45) is 5.73 Å². The zero-order chi connectivity index (χ0) is 14.8. The number of nitrogens with two attached hydrogens (primary N) is 1. The van der Waals surface area contributed by atoms with Crippen LogP contribution in [0.25, 0.3) is 0 Å². The molecule has 2 N–H and O–H groups in total. The van der Waals surface area contributed by atoms with E-state index in [-0.39, 0.29) is 30.2 Å². The van der Waals surface area contributed by atoms with E-state index in [4.69, 9.17) is 10.5 Å². The Morgan fingerprint density at radius 3 is 2.76 bits per heavy atom. The van der Waals surface area contributed by atoms with Gasteiger partial charge >= 0.3 is 0 Å². The molecule has 0 saturated carbocycles. The number of carbonyl (C=O) groups is 1. The first kappa shape index (κ1) is 14.1. The van der Waals surface area contributed by atoms with Crippen molar-refractivity contribution in [3.8, 4) is 11.8 Å². The van der Waals surface area contributed by atoms with Gasteiger partial charge in [0.25, 0.3) is 5.91 Å². The number of hydrogen-bond donors (Lipinski definition) is 1. The number of carbonyl (C=O) groups excluding carboxylic acids is 1. The third kappa shape index (κ3) is 2.92. The van der Waals surface area contributed by atoms with Crippen LogP contribution in [0.15, 0.2) is 18.2 Å². The van der Waals surface area contributed by atoms with E-state index in [1.807, 2.05) is 0 Å². The van der Waals surface area contributed by atoms with Gasteiger partial charge in [-0.15, -0.1) is 0 Å². The normalized spacial score (nSPS) is 23.6. The summed E-state index contributed by atoms with van der Waals surface area (Å²) in [6.45, 7) is 1.30. The molecule has 0 spiro atoms. The van der Waals surface area contributed by atoms with Crippen molar-refractivity contribution in [2.75, 3.05) is 19.6 Å². The van der Waals surface area contributed by atoms with Crippen molar-refractivity contribution in [2.45, 2.75) is 25.0 Å². The molecule has 2 fully saturated rings. The molecule has 2 saturated heterocycles. The van der Waals surface area contributed by atoms with Gasteiger partial charge in [-0.05, 0) is 31.0 Å². The van der Waals surface area contributed by atoms with Gasteiger partial charge in [-0.25, -0.2) is 4.39 Å². The van der Waals surface area contributed by atoms with Crippen molar-refractivity contribution in [1.82, 2.24) is 4.90 Å². The van der Waals surface area contributed by atoms with E-state index in [1.54, 1.807) is 11.0 Å². The van der Waals surface area contributed by atoms with Crippen LogP contribution in [0.2, 0.25) is 0 Å². The highest BCUT2D eigenvalue weighted by Gasteiger charge is 2.36. The van der Waals surface area contributed by atoms with E-state index >= 15 is 0 Å². The van der Waals surface area contributed by atoms with E-state index in [2.05, 4.69) is 11.8 Å². The third-order valence-electron chi connectivity index (χ3n) is 3.86. The number of rotatable bonds is 1. The van der Waals surface area contributed by atoms with Crippen molar-refractivity contribution in [3.63, 3.8) is 0 Å². The average Bonchev–Trinajstić information content (AvgIpc) is 2.84. The van der Waals surface area contributed by atoms with Gasteiger partial charge < -0.3 is 15.4 Å². The van der Waals surface area contributed by atoms with Gasteiger partial charge in [0.2, 0.25) is 0 Å². The number of fused-ring (bicyclic) bond motifs is 2. The molecule has 21 heavy (non-hydrogen) atoms. The summed E-state index contributed by atoms with van der Waals surface area (Å²) in [5, 5.41) is 0. The molecule has 1 amide bonds. The minimum atomic E-state index is -0.517. The minimum Gasteiger partial charge on any atom is -0.371 e. The maximum Gasteiger partial charge on any atom is 0.257 e. The Morgan fingerprint density at radius 2 is 2.10 bits per heavy atom. The molecule has 110 valence electrons. The lowest BCUT2D eigenvalue weighted by atomic mass is 10.1. The second-order valence-electron chi connectivity index (χ2n) is 5.37. The highest BCUT2D eigenvalue weighted by Crippen LogP contribution is 2.27. The summed E-state index contributed by atoms with van der Waals surface area (Å²) >= 11 is 0.